The summed E-state index contributed by atoms with van der Waals surface area (Å²) in [4.78, 5) is 0. The Morgan fingerprint density at radius 2 is 2.20 bits per heavy atom. The lowest BCUT2D eigenvalue weighted by atomic mass is 10.1. The summed E-state index contributed by atoms with van der Waals surface area (Å²) in [7, 11) is 2.00. The van der Waals surface area contributed by atoms with E-state index >= 15 is 0 Å². The summed E-state index contributed by atoms with van der Waals surface area (Å²) < 4.78 is 2.08. The fraction of sp³-hybridized carbons (Fsp3) is 0.154. The zero-order chi connectivity index (χ0) is 10.8. The summed E-state index contributed by atoms with van der Waals surface area (Å²) in [5.74, 6) is 0. The van der Waals surface area contributed by atoms with Crippen LogP contribution in [0.1, 0.15) is 11.3 Å². The number of hydrogen-bond donors (Lipinski definition) is 0. The van der Waals surface area contributed by atoms with Gasteiger partial charge in [0.05, 0.1) is 12.5 Å². The average molecular weight is 196 g/mol. The third-order valence-corrected chi connectivity index (χ3v) is 2.71. The Morgan fingerprint density at radius 1 is 1.47 bits per heavy atom. The van der Waals surface area contributed by atoms with Crippen molar-refractivity contribution in [1.82, 2.24) is 4.57 Å². The molecule has 74 valence electrons. The van der Waals surface area contributed by atoms with Gasteiger partial charge in [-0.3, -0.25) is 0 Å². The van der Waals surface area contributed by atoms with Gasteiger partial charge in [-0.25, -0.2) is 0 Å². The van der Waals surface area contributed by atoms with Crippen molar-refractivity contribution in [1.29, 1.82) is 5.26 Å². The molecule has 2 heteroatoms. The first-order chi connectivity index (χ1) is 7.29. The van der Waals surface area contributed by atoms with Crippen molar-refractivity contribution in [2.24, 2.45) is 7.05 Å². The summed E-state index contributed by atoms with van der Waals surface area (Å²) in [5, 5.41) is 9.96. The number of nitrogens with zero attached hydrogens (tertiary/aromatic N) is 2. The van der Waals surface area contributed by atoms with E-state index in [-0.39, 0.29) is 0 Å². The van der Waals surface area contributed by atoms with E-state index in [2.05, 4.69) is 29.3 Å². The molecule has 1 aromatic carbocycles. The average Bonchev–Trinajstić information content (AvgIpc) is 2.54. The van der Waals surface area contributed by atoms with Crippen LogP contribution >= 0.6 is 0 Å². The van der Waals surface area contributed by atoms with Crippen molar-refractivity contribution in [3.8, 4) is 6.07 Å². The molecule has 0 aliphatic rings. The number of rotatable bonds is 2. The molecule has 0 saturated carbocycles. The van der Waals surface area contributed by atoms with Gasteiger partial charge in [0.1, 0.15) is 0 Å². The van der Waals surface area contributed by atoms with Gasteiger partial charge >= 0.3 is 0 Å². The monoisotopic (exact) mass is 196 g/mol. The molecule has 0 atom stereocenters. The van der Waals surface area contributed by atoms with Gasteiger partial charge in [0.25, 0.3) is 0 Å². The Morgan fingerprint density at radius 3 is 2.87 bits per heavy atom. The first-order valence-electron chi connectivity index (χ1n) is 4.85. The van der Waals surface area contributed by atoms with Gasteiger partial charge in [-0.2, -0.15) is 5.26 Å². The summed E-state index contributed by atoms with van der Waals surface area (Å²) >= 11 is 0. The van der Waals surface area contributed by atoms with Crippen LogP contribution in [-0.2, 0) is 13.5 Å². The van der Waals surface area contributed by atoms with E-state index < -0.39 is 0 Å². The number of aromatic nitrogens is 1. The molecule has 0 bridgehead atoms. The second kappa shape index (κ2) is 3.62. The minimum absolute atomic E-state index is 0.433. The highest BCUT2D eigenvalue weighted by molar-refractivity contribution is 5.88. The van der Waals surface area contributed by atoms with Crippen molar-refractivity contribution in [2.75, 3.05) is 0 Å². The molecule has 1 aromatic heterocycles. The topological polar surface area (TPSA) is 28.7 Å². The molecule has 2 nitrogen and oxygen atoms in total. The highest BCUT2D eigenvalue weighted by atomic mass is 14.9. The number of nitriles is 1. The van der Waals surface area contributed by atoms with Crippen LogP contribution in [-0.4, -0.2) is 4.57 Å². The van der Waals surface area contributed by atoms with Gasteiger partial charge < -0.3 is 4.57 Å². The van der Waals surface area contributed by atoms with E-state index in [1.165, 1.54) is 0 Å². The summed E-state index contributed by atoms with van der Waals surface area (Å²) in [6.45, 7) is 3.80. The van der Waals surface area contributed by atoms with Crippen LogP contribution in [0.25, 0.3) is 17.0 Å². The lowest BCUT2D eigenvalue weighted by Crippen LogP contribution is -1.91. The van der Waals surface area contributed by atoms with Crippen molar-refractivity contribution in [3.05, 3.63) is 42.1 Å². The van der Waals surface area contributed by atoms with Crippen molar-refractivity contribution < 1.29 is 0 Å². The molecule has 0 fully saturated rings. The minimum Gasteiger partial charge on any atom is -0.344 e. The van der Waals surface area contributed by atoms with Crippen molar-refractivity contribution >= 4 is 17.0 Å². The normalized spacial score (nSPS) is 10.1. The number of hydrogen-bond acceptors (Lipinski definition) is 1. The third kappa shape index (κ3) is 1.33. The molecular weight excluding hydrogens is 184 g/mol. The molecule has 0 saturated heterocycles. The standard InChI is InChI=1S/C13H12N2/c1-3-12-11(8-9-14)10-6-4-5-7-13(10)15(12)2/h3-7H,1,8H2,2H3. The molecule has 0 aliphatic heterocycles. The van der Waals surface area contributed by atoms with Crippen LogP contribution in [0.5, 0.6) is 0 Å². The zero-order valence-electron chi connectivity index (χ0n) is 8.70. The first kappa shape index (κ1) is 9.54. The van der Waals surface area contributed by atoms with E-state index in [9.17, 15) is 0 Å². The zero-order valence-corrected chi connectivity index (χ0v) is 8.70. The fourth-order valence-corrected chi connectivity index (χ4v) is 2.02. The number of para-hydroxylation sites is 1. The fourth-order valence-electron chi connectivity index (χ4n) is 2.02. The molecule has 2 aromatic rings. The highest BCUT2D eigenvalue weighted by Gasteiger charge is 2.11. The smallest absolute Gasteiger partial charge is 0.0670 e. The lowest BCUT2D eigenvalue weighted by Gasteiger charge is -1.98. The van der Waals surface area contributed by atoms with Crippen LogP contribution in [0, 0.1) is 11.3 Å². The molecule has 0 radical (unpaired) electrons. The summed E-state index contributed by atoms with van der Waals surface area (Å²) in [5.41, 5.74) is 3.26. The summed E-state index contributed by atoms with van der Waals surface area (Å²) in [6.07, 6.45) is 2.25. The molecule has 2 rings (SSSR count). The molecule has 0 amide bonds. The van der Waals surface area contributed by atoms with Crippen LogP contribution in [0.4, 0.5) is 0 Å². The van der Waals surface area contributed by atoms with E-state index in [1.54, 1.807) is 0 Å². The number of fused-ring (bicyclic) bond motifs is 1. The molecule has 0 aliphatic carbocycles. The molecule has 1 heterocycles. The largest absolute Gasteiger partial charge is 0.344 e. The maximum Gasteiger partial charge on any atom is 0.0670 e. The van der Waals surface area contributed by atoms with Crippen molar-refractivity contribution in [3.63, 3.8) is 0 Å². The van der Waals surface area contributed by atoms with Gasteiger partial charge in [-0.05, 0) is 17.7 Å². The van der Waals surface area contributed by atoms with Crippen LogP contribution in [0.2, 0.25) is 0 Å². The van der Waals surface area contributed by atoms with E-state index in [1.807, 2.05) is 25.3 Å². The Kier molecular flexibility index (Phi) is 2.31. The predicted octanol–water partition coefficient (Wildman–Crippen LogP) is 2.89. The SMILES string of the molecule is C=Cc1c(CC#N)c2ccccc2n1C. The molecular formula is C13H12N2. The minimum atomic E-state index is 0.433. The first-order valence-corrected chi connectivity index (χ1v) is 4.85. The van der Waals surface area contributed by atoms with Gasteiger partial charge in [-0.1, -0.05) is 24.8 Å². The Hall–Kier alpha value is -2.01. The lowest BCUT2D eigenvalue weighted by molar-refractivity contribution is 0.945. The van der Waals surface area contributed by atoms with E-state index in [0.717, 1.165) is 22.2 Å². The highest BCUT2D eigenvalue weighted by Crippen LogP contribution is 2.26. The van der Waals surface area contributed by atoms with Crippen LogP contribution < -0.4 is 0 Å². The van der Waals surface area contributed by atoms with Crippen LogP contribution in [0.3, 0.4) is 0 Å². The third-order valence-electron chi connectivity index (χ3n) is 2.71. The molecule has 0 spiro atoms. The second-order valence-electron chi connectivity index (χ2n) is 3.48. The quantitative estimate of drug-likeness (QED) is 0.726. The van der Waals surface area contributed by atoms with Crippen LogP contribution in [0.15, 0.2) is 30.8 Å². The van der Waals surface area contributed by atoms with Gasteiger partial charge in [0.2, 0.25) is 0 Å². The predicted molar refractivity (Wildman–Crippen MR) is 62.3 cm³/mol. The second-order valence-corrected chi connectivity index (χ2v) is 3.48. The van der Waals surface area contributed by atoms with Crippen molar-refractivity contribution in [2.45, 2.75) is 6.42 Å². The van der Waals surface area contributed by atoms with E-state index in [4.69, 9.17) is 5.26 Å². The molecule has 0 N–H and O–H groups in total. The van der Waals surface area contributed by atoms with Gasteiger partial charge in [0.15, 0.2) is 0 Å². The number of aryl methyl sites for hydroxylation is 1. The summed E-state index contributed by atoms with van der Waals surface area (Å²) in [6, 6.07) is 10.3. The maximum absolute atomic E-state index is 8.81. The maximum atomic E-state index is 8.81. The van der Waals surface area contributed by atoms with Gasteiger partial charge in [-0.15, -0.1) is 0 Å². The van der Waals surface area contributed by atoms with Gasteiger partial charge in [0, 0.05) is 23.6 Å². The molecule has 0 unspecified atom stereocenters. The Bertz CT molecular complexity index is 556. The Labute approximate surface area is 89.1 Å². The molecule has 15 heavy (non-hydrogen) atoms. The number of benzene rings is 1. The Balaban J connectivity index is 2.86. The van der Waals surface area contributed by atoms with E-state index in [0.29, 0.717) is 6.42 Å².